The van der Waals surface area contributed by atoms with E-state index in [0.717, 1.165) is 0 Å². The van der Waals surface area contributed by atoms with E-state index in [-0.39, 0.29) is 30.2 Å². The molecule has 0 bridgehead atoms. The number of amides is 1. The van der Waals surface area contributed by atoms with E-state index in [1.165, 1.54) is 10.6 Å². The second-order valence-corrected chi connectivity index (χ2v) is 5.69. The second-order valence-electron chi connectivity index (χ2n) is 5.69. The molecular weight excluding hydrogens is 352 g/mol. The number of aryl methyl sites for hydroxylation is 1. The lowest BCUT2D eigenvalue weighted by atomic mass is 10.4. The summed E-state index contributed by atoms with van der Waals surface area (Å²) in [6.45, 7) is 1.86. The summed E-state index contributed by atoms with van der Waals surface area (Å²) in [4.78, 5) is 44.6. The van der Waals surface area contributed by atoms with Gasteiger partial charge in [0, 0.05) is 24.2 Å². The highest BCUT2D eigenvalue weighted by atomic mass is 16.1. The fourth-order valence-corrected chi connectivity index (χ4v) is 2.42. The third-order valence-corrected chi connectivity index (χ3v) is 3.61. The van der Waals surface area contributed by atoms with Crippen molar-refractivity contribution in [2.24, 2.45) is 0 Å². The molecule has 0 aliphatic heterocycles. The summed E-state index contributed by atoms with van der Waals surface area (Å²) in [6.07, 6.45) is 4.61. The maximum atomic E-state index is 12.1. The van der Waals surface area contributed by atoms with Crippen molar-refractivity contribution in [1.82, 2.24) is 50.0 Å². The van der Waals surface area contributed by atoms with Gasteiger partial charge in [0.1, 0.15) is 17.3 Å². The highest BCUT2D eigenvalue weighted by Gasteiger charge is 2.12. The Morgan fingerprint density at radius 2 is 2.11 bits per heavy atom. The van der Waals surface area contributed by atoms with Gasteiger partial charge in [-0.2, -0.15) is 14.6 Å². The van der Waals surface area contributed by atoms with E-state index in [1.54, 1.807) is 25.5 Å². The molecule has 12 heteroatoms. The Kier molecular flexibility index (Phi) is 4.12. The topological polar surface area (TPSA) is 160 Å². The minimum Gasteiger partial charge on any atom is -0.348 e. The van der Waals surface area contributed by atoms with Crippen LogP contribution in [-0.2, 0) is 17.8 Å². The summed E-state index contributed by atoms with van der Waals surface area (Å²) < 4.78 is 1.19. The van der Waals surface area contributed by atoms with Gasteiger partial charge in [-0.1, -0.05) is 0 Å². The predicted octanol–water partition coefficient (Wildman–Crippen LogP) is -0.840. The summed E-state index contributed by atoms with van der Waals surface area (Å²) in [5, 5.41) is 12.2. The number of nitrogens with one attached hydrogen (secondary N) is 3. The Hall–Kier alpha value is -3.96. The number of fused-ring (bicyclic) bond motifs is 1. The second kappa shape index (κ2) is 6.74. The van der Waals surface area contributed by atoms with Crippen LogP contribution in [0.15, 0.2) is 29.5 Å². The van der Waals surface area contributed by atoms with Gasteiger partial charge in [-0.25, -0.2) is 15.0 Å². The molecule has 0 radical (unpaired) electrons. The molecule has 0 atom stereocenters. The Bertz CT molecular complexity index is 1160. The van der Waals surface area contributed by atoms with Crippen LogP contribution in [0.1, 0.15) is 17.3 Å². The quantitative estimate of drug-likeness (QED) is 0.412. The zero-order valence-electron chi connectivity index (χ0n) is 14.2. The molecule has 136 valence electrons. The van der Waals surface area contributed by atoms with Gasteiger partial charge in [0.2, 0.25) is 11.7 Å². The molecule has 0 saturated heterocycles. The van der Waals surface area contributed by atoms with E-state index in [1.807, 2.05) is 0 Å². The van der Waals surface area contributed by atoms with Gasteiger partial charge in [0.15, 0.2) is 0 Å². The largest absolute Gasteiger partial charge is 0.348 e. The molecule has 4 aromatic rings. The molecule has 3 N–H and O–H groups in total. The van der Waals surface area contributed by atoms with Crippen molar-refractivity contribution in [2.45, 2.75) is 19.9 Å². The Labute approximate surface area is 151 Å². The van der Waals surface area contributed by atoms with E-state index in [2.05, 4.69) is 45.5 Å². The van der Waals surface area contributed by atoms with E-state index in [9.17, 15) is 9.59 Å². The minimum atomic E-state index is -0.295. The summed E-state index contributed by atoms with van der Waals surface area (Å²) in [5.41, 5.74) is 0.809. The summed E-state index contributed by atoms with van der Waals surface area (Å²) in [7, 11) is 0. The van der Waals surface area contributed by atoms with Crippen LogP contribution in [0.25, 0.3) is 17.3 Å². The van der Waals surface area contributed by atoms with Crippen molar-refractivity contribution in [3.05, 3.63) is 52.4 Å². The number of nitrogens with zero attached hydrogens (tertiary/aromatic N) is 7. The number of hydrogen-bond donors (Lipinski definition) is 3. The number of carbonyl (C=O) groups is 1. The van der Waals surface area contributed by atoms with Gasteiger partial charge >= 0.3 is 0 Å². The fourth-order valence-electron chi connectivity index (χ4n) is 2.42. The molecule has 0 fully saturated rings. The number of aromatic nitrogens is 9. The van der Waals surface area contributed by atoms with Gasteiger partial charge in [0.25, 0.3) is 11.3 Å². The average Bonchev–Trinajstić information content (AvgIpc) is 3.27. The first kappa shape index (κ1) is 16.5. The van der Waals surface area contributed by atoms with Gasteiger partial charge < -0.3 is 5.32 Å². The third-order valence-electron chi connectivity index (χ3n) is 3.61. The lowest BCUT2D eigenvalue weighted by molar-refractivity contribution is -0.120. The summed E-state index contributed by atoms with van der Waals surface area (Å²) >= 11 is 0. The van der Waals surface area contributed by atoms with Crippen LogP contribution in [0.4, 0.5) is 0 Å². The Balaban J connectivity index is 1.40. The van der Waals surface area contributed by atoms with Crippen LogP contribution in [0.5, 0.6) is 0 Å². The monoisotopic (exact) mass is 366 g/mol. The van der Waals surface area contributed by atoms with Crippen LogP contribution >= 0.6 is 0 Å². The smallest absolute Gasteiger partial charge is 0.274 e. The number of aromatic amines is 2. The van der Waals surface area contributed by atoms with Gasteiger partial charge in [-0.05, 0) is 6.92 Å². The first-order valence-electron chi connectivity index (χ1n) is 7.98. The average molecular weight is 366 g/mol. The molecule has 0 aliphatic carbocycles. The molecule has 12 nitrogen and oxygen atoms in total. The van der Waals surface area contributed by atoms with Crippen molar-refractivity contribution in [3.8, 4) is 11.5 Å². The summed E-state index contributed by atoms with van der Waals surface area (Å²) in [6, 6.07) is 1.38. The van der Waals surface area contributed by atoms with Crippen molar-refractivity contribution >= 4 is 11.7 Å². The van der Waals surface area contributed by atoms with E-state index >= 15 is 0 Å². The van der Waals surface area contributed by atoms with Crippen LogP contribution in [0, 0.1) is 6.92 Å². The SMILES string of the molecule is Cc1cc(=O)n2[nH]c(CC(=O)NCc3nc(-c4cnccn4)n[nH]3)nc2n1. The van der Waals surface area contributed by atoms with E-state index < -0.39 is 0 Å². The number of rotatable bonds is 5. The molecule has 4 heterocycles. The van der Waals surface area contributed by atoms with Crippen molar-refractivity contribution in [1.29, 1.82) is 0 Å². The van der Waals surface area contributed by atoms with Gasteiger partial charge in [0.05, 0.1) is 19.2 Å². The lowest BCUT2D eigenvalue weighted by Crippen LogP contribution is -2.25. The maximum Gasteiger partial charge on any atom is 0.274 e. The predicted molar refractivity (Wildman–Crippen MR) is 91.3 cm³/mol. The molecule has 27 heavy (non-hydrogen) atoms. The molecule has 0 saturated carbocycles. The molecular formula is C15H14N10O2. The van der Waals surface area contributed by atoms with Crippen molar-refractivity contribution in [2.75, 3.05) is 0 Å². The molecule has 0 aliphatic rings. The standard InChI is InChI=1S/C15H14N10O2/c1-8-4-13(27)25-15(19-8)21-10(24-25)5-12(26)18-7-11-20-14(23-22-11)9-6-16-2-3-17-9/h2-4,6H,5,7H2,1H3,(H,18,26)(H,19,21,24)(H,20,22,23). The van der Waals surface area contributed by atoms with E-state index in [0.29, 0.717) is 28.9 Å². The minimum absolute atomic E-state index is 0.0347. The van der Waals surface area contributed by atoms with Crippen LogP contribution in [0.3, 0.4) is 0 Å². The Morgan fingerprint density at radius 1 is 1.22 bits per heavy atom. The first-order chi connectivity index (χ1) is 13.1. The van der Waals surface area contributed by atoms with Gasteiger partial charge in [-0.15, -0.1) is 0 Å². The first-order valence-corrected chi connectivity index (χ1v) is 7.98. The van der Waals surface area contributed by atoms with Crippen LogP contribution < -0.4 is 10.9 Å². The highest BCUT2D eigenvalue weighted by molar-refractivity contribution is 5.77. The number of hydrogen-bond acceptors (Lipinski definition) is 8. The molecule has 0 spiro atoms. The zero-order valence-corrected chi connectivity index (χ0v) is 14.2. The normalized spacial score (nSPS) is 11.0. The molecule has 4 aromatic heterocycles. The van der Waals surface area contributed by atoms with Crippen LogP contribution in [-0.4, -0.2) is 50.6 Å². The molecule has 4 rings (SSSR count). The van der Waals surface area contributed by atoms with Crippen LogP contribution in [0.2, 0.25) is 0 Å². The lowest BCUT2D eigenvalue weighted by Gasteiger charge is -2.00. The van der Waals surface area contributed by atoms with E-state index in [4.69, 9.17) is 0 Å². The van der Waals surface area contributed by atoms with Gasteiger partial charge in [-0.3, -0.25) is 24.8 Å². The number of carbonyl (C=O) groups excluding carboxylic acids is 1. The fraction of sp³-hybridized carbons (Fsp3) is 0.200. The van der Waals surface area contributed by atoms with Crippen molar-refractivity contribution < 1.29 is 4.79 Å². The molecule has 0 aromatic carbocycles. The molecule has 0 unspecified atom stereocenters. The maximum absolute atomic E-state index is 12.1. The Morgan fingerprint density at radius 3 is 2.93 bits per heavy atom. The molecule has 1 amide bonds. The number of H-pyrrole nitrogens is 2. The highest BCUT2D eigenvalue weighted by Crippen LogP contribution is 2.08. The van der Waals surface area contributed by atoms with Crippen molar-refractivity contribution in [3.63, 3.8) is 0 Å². The third kappa shape index (κ3) is 3.53. The zero-order chi connectivity index (χ0) is 18.8. The summed E-state index contributed by atoms with van der Waals surface area (Å²) in [5.74, 6) is 1.14.